The van der Waals surface area contributed by atoms with Gasteiger partial charge in [-0.2, -0.15) is 0 Å². The zero-order valence-corrected chi connectivity index (χ0v) is 10.9. The maximum Gasteiger partial charge on any atom is 0.267 e. The maximum atomic E-state index is 12.9. The van der Waals surface area contributed by atoms with E-state index in [0.717, 1.165) is 23.8 Å². The third-order valence-electron chi connectivity index (χ3n) is 2.68. The standard InChI is InChI=1S/C13H15FN2S/c1-3-15-13-16(4-2)12(9-17-13)10-5-7-11(14)8-6-10/h5-9H,3-4H2,1-2H3/p+1. The Balaban J connectivity index is 2.28. The molecule has 0 saturated carbocycles. The van der Waals surface area contributed by atoms with Gasteiger partial charge in [-0.3, -0.25) is 0 Å². The number of halogens is 1. The molecular formula is C13H16FN2S+. The second kappa shape index (κ2) is 5.47. The number of rotatable bonds is 3. The second-order valence-electron chi connectivity index (χ2n) is 3.77. The number of hydrogen-bond donors (Lipinski definition) is 1. The lowest BCUT2D eigenvalue weighted by molar-refractivity contribution is -0.715. The van der Waals surface area contributed by atoms with Crippen LogP contribution in [0.1, 0.15) is 19.4 Å². The largest absolute Gasteiger partial charge is 0.267 e. The molecule has 1 atom stereocenters. The summed E-state index contributed by atoms with van der Waals surface area (Å²) in [5, 5.41) is 3.22. The fourth-order valence-corrected chi connectivity index (χ4v) is 2.97. The second-order valence-corrected chi connectivity index (χ2v) is 4.63. The molecule has 0 fully saturated rings. The van der Waals surface area contributed by atoms with Crippen LogP contribution in [0.2, 0.25) is 0 Å². The van der Waals surface area contributed by atoms with Crippen LogP contribution >= 0.6 is 11.8 Å². The highest BCUT2D eigenvalue weighted by atomic mass is 32.2. The minimum absolute atomic E-state index is 0.194. The van der Waals surface area contributed by atoms with E-state index in [2.05, 4.69) is 17.3 Å². The summed E-state index contributed by atoms with van der Waals surface area (Å²) in [6.45, 7) is 5.92. The van der Waals surface area contributed by atoms with Crippen LogP contribution in [0.25, 0.3) is 5.70 Å². The summed E-state index contributed by atoms with van der Waals surface area (Å²) in [6, 6.07) is 6.66. The number of aliphatic imine (C=N–C) groups is 1. The quantitative estimate of drug-likeness (QED) is 0.871. The van der Waals surface area contributed by atoms with Gasteiger partial charge in [0.25, 0.3) is 5.17 Å². The van der Waals surface area contributed by atoms with E-state index < -0.39 is 0 Å². The molecule has 4 heteroatoms. The first-order valence-corrected chi connectivity index (χ1v) is 6.68. The summed E-state index contributed by atoms with van der Waals surface area (Å²) in [5.74, 6) is -0.194. The SMILES string of the molecule is CCN=C1SC=C(c2ccc(F)cc2)[NH+]1CC. The highest BCUT2D eigenvalue weighted by molar-refractivity contribution is 8.16. The number of hydrogen-bond acceptors (Lipinski definition) is 2. The number of benzene rings is 1. The normalized spacial score (nSPS) is 21.9. The highest BCUT2D eigenvalue weighted by Gasteiger charge is 2.28. The lowest BCUT2D eigenvalue weighted by Gasteiger charge is -2.13. The van der Waals surface area contributed by atoms with Crippen LogP contribution in [0.5, 0.6) is 0 Å². The van der Waals surface area contributed by atoms with Gasteiger partial charge in [-0.05, 0) is 49.9 Å². The lowest BCUT2D eigenvalue weighted by atomic mass is 10.1. The lowest BCUT2D eigenvalue weighted by Crippen LogP contribution is -3.10. The van der Waals surface area contributed by atoms with E-state index in [-0.39, 0.29) is 5.82 Å². The molecule has 0 bridgehead atoms. The molecule has 90 valence electrons. The smallest absolute Gasteiger partial charge is 0.247 e. The average molecular weight is 251 g/mol. The van der Waals surface area contributed by atoms with Crippen molar-refractivity contribution in [2.24, 2.45) is 4.99 Å². The first-order valence-electron chi connectivity index (χ1n) is 5.80. The van der Waals surface area contributed by atoms with Crippen molar-refractivity contribution in [3.8, 4) is 0 Å². The Bertz CT molecular complexity index is 451. The van der Waals surface area contributed by atoms with Crippen molar-refractivity contribution in [2.75, 3.05) is 13.1 Å². The van der Waals surface area contributed by atoms with Crippen molar-refractivity contribution in [2.45, 2.75) is 13.8 Å². The molecule has 0 amide bonds. The number of nitrogens with zero attached hydrogens (tertiary/aromatic N) is 1. The molecule has 0 spiro atoms. The zero-order valence-electron chi connectivity index (χ0n) is 10.0. The third kappa shape index (κ3) is 2.58. The van der Waals surface area contributed by atoms with Crippen molar-refractivity contribution in [3.63, 3.8) is 0 Å². The van der Waals surface area contributed by atoms with Gasteiger partial charge in [0.1, 0.15) is 5.82 Å². The van der Waals surface area contributed by atoms with E-state index in [1.165, 1.54) is 22.7 Å². The molecule has 1 N–H and O–H groups in total. The van der Waals surface area contributed by atoms with Crippen molar-refractivity contribution in [1.82, 2.24) is 0 Å². The monoisotopic (exact) mass is 251 g/mol. The summed E-state index contributed by atoms with van der Waals surface area (Å²) in [6.07, 6.45) is 0. The minimum Gasteiger partial charge on any atom is -0.247 e. The molecule has 1 aliphatic heterocycles. The molecule has 0 saturated heterocycles. The fraction of sp³-hybridized carbons (Fsp3) is 0.308. The predicted molar refractivity (Wildman–Crippen MR) is 71.4 cm³/mol. The summed E-state index contributed by atoms with van der Waals surface area (Å²) >= 11 is 1.66. The first kappa shape index (κ1) is 12.3. The number of amidine groups is 1. The molecule has 0 aromatic heterocycles. The Morgan fingerprint density at radius 2 is 1.94 bits per heavy atom. The summed E-state index contributed by atoms with van der Waals surface area (Å²) in [5.41, 5.74) is 2.25. The van der Waals surface area contributed by atoms with Crippen molar-refractivity contribution >= 4 is 22.6 Å². The number of quaternary nitrogens is 1. The molecule has 1 unspecified atom stereocenters. The van der Waals surface area contributed by atoms with E-state index in [9.17, 15) is 4.39 Å². The van der Waals surface area contributed by atoms with Gasteiger partial charge in [-0.1, -0.05) is 0 Å². The molecular weight excluding hydrogens is 235 g/mol. The van der Waals surface area contributed by atoms with E-state index in [1.54, 1.807) is 11.8 Å². The third-order valence-corrected chi connectivity index (χ3v) is 3.63. The molecule has 2 nitrogen and oxygen atoms in total. The van der Waals surface area contributed by atoms with Gasteiger partial charge in [0.2, 0.25) is 0 Å². The van der Waals surface area contributed by atoms with Gasteiger partial charge in [-0.15, -0.1) is 0 Å². The van der Waals surface area contributed by atoms with Gasteiger partial charge in [0.05, 0.1) is 6.54 Å². The van der Waals surface area contributed by atoms with Crippen LogP contribution in [0.15, 0.2) is 34.7 Å². The van der Waals surface area contributed by atoms with E-state index in [0.29, 0.717) is 0 Å². The molecule has 0 radical (unpaired) electrons. The predicted octanol–water partition coefficient (Wildman–Crippen LogP) is 2.15. The van der Waals surface area contributed by atoms with Crippen LogP contribution < -0.4 is 4.90 Å². The van der Waals surface area contributed by atoms with Crippen molar-refractivity contribution in [1.29, 1.82) is 0 Å². The van der Waals surface area contributed by atoms with Crippen molar-refractivity contribution in [3.05, 3.63) is 41.1 Å². The van der Waals surface area contributed by atoms with Crippen molar-refractivity contribution < 1.29 is 9.29 Å². The Morgan fingerprint density at radius 1 is 1.24 bits per heavy atom. The molecule has 0 aliphatic carbocycles. The van der Waals surface area contributed by atoms with E-state index in [1.807, 2.05) is 19.1 Å². The molecule has 1 aromatic rings. The molecule has 17 heavy (non-hydrogen) atoms. The molecule has 2 rings (SSSR count). The van der Waals surface area contributed by atoms with Gasteiger partial charge in [0.15, 0.2) is 5.70 Å². The van der Waals surface area contributed by atoms with Gasteiger partial charge >= 0.3 is 0 Å². The van der Waals surface area contributed by atoms with E-state index >= 15 is 0 Å². The molecule has 1 aliphatic rings. The summed E-state index contributed by atoms with van der Waals surface area (Å²) in [7, 11) is 0. The average Bonchev–Trinajstić information content (AvgIpc) is 2.73. The van der Waals surface area contributed by atoms with Crippen LogP contribution in [0.4, 0.5) is 4.39 Å². The van der Waals surface area contributed by atoms with Crippen LogP contribution in [0, 0.1) is 5.82 Å². The minimum atomic E-state index is -0.194. The van der Waals surface area contributed by atoms with Crippen LogP contribution in [-0.2, 0) is 0 Å². The maximum absolute atomic E-state index is 12.9. The first-order chi connectivity index (χ1) is 8.26. The van der Waals surface area contributed by atoms with Crippen LogP contribution in [-0.4, -0.2) is 18.3 Å². The zero-order chi connectivity index (χ0) is 12.3. The number of nitrogens with one attached hydrogen (secondary N) is 1. The van der Waals surface area contributed by atoms with Gasteiger partial charge < -0.3 is 0 Å². The fourth-order valence-electron chi connectivity index (χ4n) is 1.86. The van der Waals surface area contributed by atoms with E-state index in [4.69, 9.17) is 0 Å². The highest BCUT2D eigenvalue weighted by Crippen LogP contribution is 2.20. The Morgan fingerprint density at radius 3 is 2.53 bits per heavy atom. The van der Waals surface area contributed by atoms with Gasteiger partial charge in [0, 0.05) is 17.5 Å². The Labute approximate surface area is 105 Å². The molecule has 1 heterocycles. The Hall–Kier alpha value is -1.13. The summed E-state index contributed by atoms with van der Waals surface area (Å²) in [4.78, 5) is 5.75. The Kier molecular flexibility index (Phi) is 3.97. The van der Waals surface area contributed by atoms with Crippen LogP contribution in [0.3, 0.4) is 0 Å². The van der Waals surface area contributed by atoms with Gasteiger partial charge in [-0.25, -0.2) is 14.3 Å². The summed E-state index contributed by atoms with van der Waals surface area (Å²) < 4.78 is 12.9. The topological polar surface area (TPSA) is 16.8 Å². The number of thioether (sulfide) groups is 1. The molecule has 1 aromatic carbocycles.